The Morgan fingerprint density at radius 1 is 1.15 bits per heavy atom. The molecule has 1 fully saturated rings. The van der Waals surface area contributed by atoms with Crippen molar-refractivity contribution in [2.24, 2.45) is 0 Å². The van der Waals surface area contributed by atoms with Gasteiger partial charge in [0.05, 0.1) is 6.61 Å². The molecule has 0 saturated carbocycles. The molecule has 0 N–H and O–H groups in total. The Morgan fingerprint density at radius 2 is 1.78 bits per heavy atom. The smallest absolute Gasteiger partial charge is 0.410 e. The number of ether oxygens (including phenoxy) is 2. The molecule has 0 unspecified atom stereocenters. The minimum atomic E-state index is -0.466. The number of carbonyl (C=O) groups excluding carboxylic acids is 1. The average Bonchev–Trinajstić information content (AvgIpc) is 2.63. The Kier molecular flexibility index (Phi) is 9.39. The predicted molar refractivity (Wildman–Crippen MR) is 111 cm³/mol. The van der Waals surface area contributed by atoms with Crippen molar-refractivity contribution in [3.8, 4) is 5.75 Å². The van der Waals surface area contributed by atoms with E-state index in [9.17, 15) is 4.79 Å². The van der Waals surface area contributed by atoms with Crippen LogP contribution in [0.1, 0.15) is 60.1 Å². The van der Waals surface area contributed by atoms with Gasteiger partial charge in [0.2, 0.25) is 0 Å². The summed E-state index contributed by atoms with van der Waals surface area (Å²) in [5, 5.41) is 0. The highest BCUT2D eigenvalue weighted by molar-refractivity contribution is 5.68. The Balaban J connectivity index is 0.00000176. The number of unbranched alkanes of at least 4 members (excludes halogenated alkanes) is 1. The summed E-state index contributed by atoms with van der Waals surface area (Å²) in [5.41, 5.74) is 0.500. The third kappa shape index (κ3) is 7.65. The maximum absolute atomic E-state index is 12.2. The Bertz CT molecular complexity index is 577. The summed E-state index contributed by atoms with van der Waals surface area (Å²) in [6, 6.07) is 3.97. The summed E-state index contributed by atoms with van der Waals surface area (Å²) >= 11 is 0. The molecule has 0 atom stereocenters. The highest BCUT2D eigenvalue weighted by Crippen LogP contribution is 2.28. The average molecular weight is 380 g/mol. The highest BCUT2D eigenvalue weighted by Gasteiger charge is 2.27. The molecule has 0 aromatic carbocycles. The molecule has 1 amide bonds. The minimum Gasteiger partial charge on any atom is -0.490 e. The first kappa shape index (κ1) is 23.1. The van der Waals surface area contributed by atoms with Gasteiger partial charge in [-0.05, 0) is 46.2 Å². The van der Waals surface area contributed by atoms with Crippen molar-refractivity contribution in [1.82, 2.24) is 9.88 Å². The van der Waals surface area contributed by atoms with E-state index in [2.05, 4.69) is 16.8 Å². The second-order valence-corrected chi connectivity index (χ2v) is 7.43. The summed E-state index contributed by atoms with van der Waals surface area (Å²) in [4.78, 5) is 20.8. The summed E-state index contributed by atoms with van der Waals surface area (Å²) in [6.07, 6.45) is 1.88. The number of amides is 1. The predicted octanol–water partition coefficient (Wildman–Crippen LogP) is 4.65. The number of aryl methyl sites for hydroxylation is 1. The van der Waals surface area contributed by atoms with E-state index in [0.29, 0.717) is 19.7 Å². The number of anilines is 1. The van der Waals surface area contributed by atoms with Gasteiger partial charge in [0.1, 0.15) is 5.60 Å². The quantitative estimate of drug-likeness (QED) is 0.697. The summed E-state index contributed by atoms with van der Waals surface area (Å²) < 4.78 is 11.4. The molecule has 1 aliphatic rings. The van der Waals surface area contributed by atoms with Crippen LogP contribution in [0.25, 0.3) is 0 Å². The molecule has 27 heavy (non-hydrogen) atoms. The molecular weight excluding hydrogens is 342 g/mol. The van der Waals surface area contributed by atoms with Crippen LogP contribution in [0.4, 0.5) is 10.6 Å². The fourth-order valence-electron chi connectivity index (χ4n) is 2.62. The fourth-order valence-corrected chi connectivity index (χ4v) is 2.62. The van der Waals surface area contributed by atoms with Gasteiger partial charge in [-0.3, -0.25) is 0 Å². The SMILES string of the molecule is CC.CCCCOc1ccc(C)nc1N1CCN(C(=O)OC(C)(C)C)CC1. The van der Waals surface area contributed by atoms with Crippen LogP contribution < -0.4 is 9.64 Å². The van der Waals surface area contributed by atoms with Crippen LogP contribution >= 0.6 is 0 Å². The van der Waals surface area contributed by atoms with Crippen molar-refractivity contribution in [2.75, 3.05) is 37.7 Å². The Hall–Kier alpha value is -1.98. The van der Waals surface area contributed by atoms with Gasteiger partial charge in [-0.1, -0.05) is 27.2 Å². The van der Waals surface area contributed by atoms with Gasteiger partial charge in [-0.15, -0.1) is 0 Å². The van der Waals surface area contributed by atoms with Gasteiger partial charge in [0, 0.05) is 31.9 Å². The number of rotatable bonds is 5. The minimum absolute atomic E-state index is 0.247. The zero-order valence-electron chi connectivity index (χ0n) is 18.2. The number of nitrogens with zero attached hydrogens (tertiary/aromatic N) is 3. The molecule has 6 nitrogen and oxygen atoms in total. The van der Waals surface area contributed by atoms with Crippen LogP contribution in [0.5, 0.6) is 5.75 Å². The molecule has 0 aliphatic carbocycles. The lowest BCUT2D eigenvalue weighted by molar-refractivity contribution is 0.0240. The van der Waals surface area contributed by atoms with Crippen LogP contribution in [0.15, 0.2) is 12.1 Å². The van der Waals surface area contributed by atoms with Gasteiger partial charge in [0.15, 0.2) is 11.6 Å². The van der Waals surface area contributed by atoms with Crippen molar-refractivity contribution < 1.29 is 14.3 Å². The topological polar surface area (TPSA) is 54.9 Å². The lowest BCUT2D eigenvalue weighted by atomic mass is 10.2. The Labute approximate surface area is 164 Å². The first-order chi connectivity index (χ1) is 12.8. The molecule has 1 aromatic rings. The highest BCUT2D eigenvalue weighted by atomic mass is 16.6. The van der Waals surface area contributed by atoms with Gasteiger partial charge in [0.25, 0.3) is 0 Å². The molecular formula is C21H37N3O3. The van der Waals surface area contributed by atoms with E-state index in [0.717, 1.165) is 43.2 Å². The molecule has 0 spiro atoms. The number of pyridine rings is 1. The van der Waals surface area contributed by atoms with Gasteiger partial charge in [-0.25, -0.2) is 9.78 Å². The number of aromatic nitrogens is 1. The van der Waals surface area contributed by atoms with Crippen molar-refractivity contribution >= 4 is 11.9 Å². The number of hydrogen-bond acceptors (Lipinski definition) is 5. The maximum Gasteiger partial charge on any atom is 0.410 e. The number of hydrogen-bond donors (Lipinski definition) is 0. The van der Waals surface area contributed by atoms with Crippen molar-refractivity contribution in [3.05, 3.63) is 17.8 Å². The van der Waals surface area contributed by atoms with E-state index in [1.165, 1.54) is 0 Å². The second kappa shape index (κ2) is 11.0. The van der Waals surface area contributed by atoms with Crippen molar-refractivity contribution in [1.29, 1.82) is 0 Å². The molecule has 1 aliphatic heterocycles. The number of piperazine rings is 1. The summed E-state index contributed by atoms with van der Waals surface area (Å²) in [7, 11) is 0. The first-order valence-electron chi connectivity index (χ1n) is 10.1. The Morgan fingerprint density at radius 3 is 2.33 bits per heavy atom. The third-order valence-electron chi connectivity index (χ3n) is 3.96. The molecule has 0 bridgehead atoms. The zero-order chi connectivity index (χ0) is 20.4. The zero-order valence-corrected chi connectivity index (χ0v) is 18.2. The van der Waals surface area contributed by atoms with Crippen LogP contribution in [0, 0.1) is 6.92 Å². The van der Waals surface area contributed by atoms with Crippen LogP contribution in [-0.4, -0.2) is 54.4 Å². The van der Waals surface area contributed by atoms with Gasteiger partial charge < -0.3 is 19.3 Å². The normalized spacial score (nSPS) is 14.3. The largest absolute Gasteiger partial charge is 0.490 e. The standard InChI is InChI=1S/C19H31N3O3.C2H6/c1-6-7-14-24-16-9-8-15(2)20-17(16)21-10-12-22(13-11-21)18(23)25-19(3,4)5;1-2/h8-9H,6-7,10-14H2,1-5H3;1-2H3. The molecule has 6 heteroatoms. The maximum atomic E-state index is 12.2. The first-order valence-corrected chi connectivity index (χ1v) is 10.1. The lowest BCUT2D eigenvalue weighted by Crippen LogP contribution is -2.50. The van der Waals surface area contributed by atoms with E-state index in [-0.39, 0.29) is 6.09 Å². The molecule has 1 saturated heterocycles. The van der Waals surface area contributed by atoms with Crippen LogP contribution in [0.3, 0.4) is 0 Å². The van der Waals surface area contributed by atoms with Crippen molar-refractivity contribution in [3.63, 3.8) is 0 Å². The van der Waals surface area contributed by atoms with E-state index in [4.69, 9.17) is 9.47 Å². The van der Waals surface area contributed by atoms with Gasteiger partial charge >= 0.3 is 6.09 Å². The van der Waals surface area contributed by atoms with Crippen LogP contribution in [0.2, 0.25) is 0 Å². The molecule has 1 aromatic heterocycles. The number of carbonyl (C=O) groups is 1. The molecule has 2 heterocycles. The monoisotopic (exact) mass is 379 g/mol. The van der Waals surface area contributed by atoms with Gasteiger partial charge in [-0.2, -0.15) is 0 Å². The third-order valence-corrected chi connectivity index (χ3v) is 3.96. The molecule has 154 valence electrons. The van der Waals surface area contributed by atoms with E-state index < -0.39 is 5.60 Å². The fraction of sp³-hybridized carbons (Fsp3) is 0.714. The van der Waals surface area contributed by atoms with Crippen molar-refractivity contribution in [2.45, 2.75) is 66.9 Å². The van der Waals surface area contributed by atoms with E-state index in [1.807, 2.05) is 53.7 Å². The van der Waals surface area contributed by atoms with E-state index in [1.54, 1.807) is 4.90 Å². The van der Waals surface area contributed by atoms with E-state index >= 15 is 0 Å². The molecule has 2 rings (SSSR count). The summed E-state index contributed by atoms with van der Waals surface area (Å²) in [6.45, 7) is 17.2. The second-order valence-electron chi connectivity index (χ2n) is 7.43. The lowest BCUT2D eigenvalue weighted by Gasteiger charge is -2.36. The molecule has 0 radical (unpaired) electrons. The summed E-state index contributed by atoms with van der Waals surface area (Å²) in [5.74, 6) is 1.70. The van der Waals surface area contributed by atoms with Crippen LogP contribution in [-0.2, 0) is 4.74 Å².